The first-order chi connectivity index (χ1) is 10.2. The molecule has 0 saturated heterocycles. The van der Waals surface area contributed by atoms with Crippen LogP contribution in [0.2, 0.25) is 0 Å². The zero-order valence-electron chi connectivity index (χ0n) is 12.6. The number of ether oxygens (including phenoxy) is 2. The van der Waals surface area contributed by atoms with Gasteiger partial charge in [-0.3, -0.25) is 0 Å². The monoisotopic (exact) mass is 284 g/mol. The summed E-state index contributed by atoms with van der Waals surface area (Å²) in [5, 5.41) is 3.54. The lowest BCUT2D eigenvalue weighted by molar-refractivity contribution is 0.294. The van der Waals surface area contributed by atoms with Gasteiger partial charge in [0, 0.05) is 5.56 Å². The molecule has 0 spiro atoms. The minimum absolute atomic E-state index is 0.430. The fourth-order valence-corrected chi connectivity index (χ4v) is 2.11. The molecule has 0 bridgehead atoms. The van der Waals surface area contributed by atoms with Gasteiger partial charge in [0.1, 0.15) is 18.1 Å². The molecule has 0 radical (unpaired) electrons. The standard InChI is InChI=1S/C17H20N2O2/c1-12-5-4-6-16(13(12)2)21-11-15-9-14(10-19-18)7-8-17(15)20-3/h4-10H,11,18H2,1-3H3. The predicted molar refractivity (Wildman–Crippen MR) is 85.0 cm³/mol. The summed E-state index contributed by atoms with van der Waals surface area (Å²) < 4.78 is 11.3. The van der Waals surface area contributed by atoms with Gasteiger partial charge < -0.3 is 15.3 Å². The second-order valence-electron chi connectivity index (χ2n) is 4.84. The highest BCUT2D eigenvalue weighted by atomic mass is 16.5. The van der Waals surface area contributed by atoms with Crippen LogP contribution in [0.1, 0.15) is 22.3 Å². The van der Waals surface area contributed by atoms with E-state index < -0.39 is 0 Å². The van der Waals surface area contributed by atoms with Crippen LogP contribution in [0.5, 0.6) is 11.5 Å². The third kappa shape index (κ3) is 3.54. The Hall–Kier alpha value is -2.49. The fourth-order valence-electron chi connectivity index (χ4n) is 2.11. The summed E-state index contributed by atoms with van der Waals surface area (Å²) in [6.45, 7) is 4.56. The summed E-state index contributed by atoms with van der Waals surface area (Å²) in [7, 11) is 1.65. The van der Waals surface area contributed by atoms with E-state index in [4.69, 9.17) is 15.3 Å². The maximum atomic E-state index is 5.92. The number of nitrogens with zero attached hydrogens (tertiary/aromatic N) is 1. The Morgan fingerprint density at radius 2 is 1.95 bits per heavy atom. The number of hydrazone groups is 1. The van der Waals surface area contributed by atoms with Crippen LogP contribution >= 0.6 is 0 Å². The molecule has 4 nitrogen and oxygen atoms in total. The van der Waals surface area contributed by atoms with Crippen LogP contribution in [-0.4, -0.2) is 13.3 Å². The van der Waals surface area contributed by atoms with Gasteiger partial charge in [0.25, 0.3) is 0 Å². The van der Waals surface area contributed by atoms with E-state index in [1.54, 1.807) is 13.3 Å². The van der Waals surface area contributed by atoms with Crippen molar-refractivity contribution in [3.8, 4) is 11.5 Å². The first-order valence-electron chi connectivity index (χ1n) is 6.75. The maximum absolute atomic E-state index is 5.92. The van der Waals surface area contributed by atoms with E-state index in [2.05, 4.69) is 25.0 Å². The van der Waals surface area contributed by atoms with Crippen molar-refractivity contribution in [2.75, 3.05) is 7.11 Å². The summed E-state index contributed by atoms with van der Waals surface area (Å²) >= 11 is 0. The highest BCUT2D eigenvalue weighted by molar-refractivity contribution is 5.80. The average Bonchev–Trinajstić information content (AvgIpc) is 2.49. The summed E-state index contributed by atoms with van der Waals surface area (Å²) in [4.78, 5) is 0. The van der Waals surface area contributed by atoms with Crippen molar-refractivity contribution in [1.29, 1.82) is 0 Å². The quantitative estimate of drug-likeness (QED) is 0.521. The minimum Gasteiger partial charge on any atom is -0.496 e. The molecular weight excluding hydrogens is 264 g/mol. The Morgan fingerprint density at radius 1 is 1.14 bits per heavy atom. The third-order valence-electron chi connectivity index (χ3n) is 3.47. The Morgan fingerprint density at radius 3 is 2.67 bits per heavy atom. The predicted octanol–water partition coefficient (Wildman–Crippen LogP) is 3.18. The smallest absolute Gasteiger partial charge is 0.125 e. The van der Waals surface area contributed by atoms with Gasteiger partial charge in [-0.05, 0) is 54.8 Å². The van der Waals surface area contributed by atoms with Gasteiger partial charge in [0.05, 0.1) is 13.3 Å². The molecule has 0 amide bonds. The average molecular weight is 284 g/mol. The molecule has 2 aromatic rings. The van der Waals surface area contributed by atoms with Crippen molar-refractivity contribution < 1.29 is 9.47 Å². The van der Waals surface area contributed by atoms with Crippen LogP contribution in [0.4, 0.5) is 0 Å². The largest absolute Gasteiger partial charge is 0.496 e. The van der Waals surface area contributed by atoms with Gasteiger partial charge in [0.15, 0.2) is 0 Å². The van der Waals surface area contributed by atoms with Gasteiger partial charge in [-0.2, -0.15) is 5.10 Å². The highest BCUT2D eigenvalue weighted by Crippen LogP contribution is 2.25. The van der Waals surface area contributed by atoms with Gasteiger partial charge >= 0.3 is 0 Å². The SMILES string of the molecule is COc1ccc(C=NN)cc1COc1cccc(C)c1C. The topological polar surface area (TPSA) is 56.8 Å². The molecule has 0 aromatic heterocycles. The molecule has 110 valence electrons. The molecule has 21 heavy (non-hydrogen) atoms. The van der Waals surface area contributed by atoms with Gasteiger partial charge in [-0.15, -0.1) is 0 Å². The summed E-state index contributed by atoms with van der Waals surface area (Å²) in [5.41, 5.74) is 4.23. The molecule has 0 fully saturated rings. The lowest BCUT2D eigenvalue weighted by Crippen LogP contribution is -2.01. The van der Waals surface area contributed by atoms with Crippen LogP contribution in [0.15, 0.2) is 41.5 Å². The van der Waals surface area contributed by atoms with Crippen LogP contribution in [0.3, 0.4) is 0 Å². The van der Waals surface area contributed by atoms with Crippen LogP contribution in [0.25, 0.3) is 0 Å². The number of aryl methyl sites for hydroxylation is 1. The maximum Gasteiger partial charge on any atom is 0.125 e. The fraction of sp³-hybridized carbons (Fsp3) is 0.235. The lowest BCUT2D eigenvalue weighted by atomic mass is 10.1. The number of methoxy groups -OCH3 is 1. The van der Waals surface area contributed by atoms with Crippen LogP contribution < -0.4 is 15.3 Å². The van der Waals surface area contributed by atoms with E-state index in [0.29, 0.717) is 6.61 Å². The molecule has 0 heterocycles. The second-order valence-corrected chi connectivity index (χ2v) is 4.84. The first kappa shape index (κ1) is 14.9. The van der Waals surface area contributed by atoms with Crippen LogP contribution in [0, 0.1) is 13.8 Å². The molecular formula is C17H20N2O2. The number of rotatable bonds is 5. The van der Waals surface area contributed by atoms with Crippen LogP contribution in [-0.2, 0) is 6.61 Å². The lowest BCUT2D eigenvalue weighted by Gasteiger charge is -2.13. The molecule has 2 N–H and O–H groups in total. The summed E-state index contributed by atoms with van der Waals surface area (Å²) in [6, 6.07) is 11.8. The molecule has 0 aliphatic carbocycles. The van der Waals surface area contributed by atoms with Crippen molar-refractivity contribution in [1.82, 2.24) is 0 Å². The molecule has 2 aromatic carbocycles. The second kappa shape index (κ2) is 6.79. The molecule has 4 heteroatoms. The van der Waals surface area contributed by atoms with Crippen molar-refractivity contribution in [2.24, 2.45) is 10.9 Å². The molecule has 0 unspecified atom stereocenters. The molecule has 0 aliphatic heterocycles. The zero-order valence-corrected chi connectivity index (χ0v) is 12.6. The zero-order chi connectivity index (χ0) is 15.2. The van der Waals surface area contributed by atoms with E-state index in [0.717, 1.165) is 28.2 Å². The van der Waals surface area contributed by atoms with E-state index >= 15 is 0 Å². The summed E-state index contributed by atoms with van der Waals surface area (Å²) in [6.07, 6.45) is 1.60. The third-order valence-corrected chi connectivity index (χ3v) is 3.47. The number of hydrogen-bond acceptors (Lipinski definition) is 4. The van der Waals surface area contributed by atoms with Gasteiger partial charge in [-0.25, -0.2) is 0 Å². The molecule has 0 aliphatic rings. The Bertz CT molecular complexity index is 651. The van der Waals surface area contributed by atoms with Gasteiger partial charge in [-0.1, -0.05) is 12.1 Å². The van der Waals surface area contributed by atoms with Gasteiger partial charge in [0.2, 0.25) is 0 Å². The molecule has 0 atom stereocenters. The Kier molecular flexibility index (Phi) is 4.82. The van der Waals surface area contributed by atoms with Crippen molar-refractivity contribution in [3.05, 3.63) is 58.7 Å². The van der Waals surface area contributed by atoms with E-state index in [-0.39, 0.29) is 0 Å². The van der Waals surface area contributed by atoms with E-state index in [1.807, 2.05) is 30.3 Å². The number of nitrogens with two attached hydrogens (primary N) is 1. The number of hydrogen-bond donors (Lipinski definition) is 1. The molecule has 2 rings (SSSR count). The Balaban J connectivity index is 2.22. The van der Waals surface area contributed by atoms with E-state index in [1.165, 1.54) is 5.56 Å². The van der Waals surface area contributed by atoms with Crippen molar-refractivity contribution >= 4 is 6.21 Å². The van der Waals surface area contributed by atoms with Crippen molar-refractivity contribution in [2.45, 2.75) is 20.5 Å². The minimum atomic E-state index is 0.430. The first-order valence-corrected chi connectivity index (χ1v) is 6.75. The van der Waals surface area contributed by atoms with Crippen molar-refractivity contribution in [3.63, 3.8) is 0 Å². The Labute approximate surface area is 125 Å². The highest BCUT2D eigenvalue weighted by Gasteiger charge is 2.07. The number of benzene rings is 2. The summed E-state index contributed by atoms with van der Waals surface area (Å²) in [5.74, 6) is 6.86. The molecule has 0 saturated carbocycles. The normalized spacial score (nSPS) is 10.8. The van der Waals surface area contributed by atoms with E-state index in [9.17, 15) is 0 Å².